The molecule has 1 heterocycles. The van der Waals surface area contributed by atoms with Gasteiger partial charge in [-0.25, -0.2) is 0 Å². The van der Waals surface area contributed by atoms with E-state index >= 15 is 0 Å². The van der Waals surface area contributed by atoms with Crippen LogP contribution < -0.4 is 0 Å². The van der Waals surface area contributed by atoms with Gasteiger partial charge in [0.2, 0.25) is 0 Å². The van der Waals surface area contributed by atoms with E-state index in [2.05, 4.69) is 13.1 Å². The summed E-state index contributed by atoms with van der Waals surface area (Å²) in [6.45, 7) is 4.70. The van der Waals surface area contributed by atoms with Gasteiger partial charge in [-0.2, -0.15) is 0 Å². The molecule has 0 radical (unpaired) electrons. The van der Waals surface area contributed by atoms with Crippen molar-refractivity contribution in [2.24, 2.45) is 5.92 Å². The molecule has 0 amide bonds. The Kier molecular flexibility index (Phi) is 2.37. The predicted molar refractivity (Wildman–Crippen MR) is 47.5 cm³/mol. The normalized spacial score (nSPS) is 24.9. The van der Waals surface area contributed by atoms with Crippen LogP contribution >= 0.6 is 0 Å². The predicted octanol–water partition coefficient (Wildman–Crippen LogP) is 2.19. The van der Waals surface area contributed by atoms with E-state index in [1.165, 1.54) is 12.1 Å². The Bertz CT molecular complexity index is 155. The number of carboxylic acids is 1. The van der Waals surface area contributed by atoms with Gasteiger partial charge in [-0.3, -0.25) is 4.79 Å². The van der Waals surface area contributed by atoms with Gasteiger partial charge in [-0.15, -0.1) is 0 Å². The van der Waals surface area contributed by atoms with Gasteiger partial charge in [-0.1, -0.05) is 25.2 Å². The zero-order valence-electron chi connectivity index (χ0n) is 7.26. The second-order valence-electron chi connectivity index (χ2n) is 4.28. The maximum atomic E-state index is 10.6. The molecule has 3 heteroatoms. The number of hydrogen-bond donors (Lipinski definition) is 1. The van der Waals surface area contributed by atoms with Gasteiger partial charge in [0.1, 0.15) is 0 Å². The van der Waals surface area contributed by atoms with E-state index in [4.69, 9.17) is 5.11 Å². The molecule has 1 fully saturated rings. The molecule has 11 heavy (non-hydrogen) atoms. The summed E-state index contributed by atoms with van der Waals surface area (Å²) in [5.41, 5.74) is 0. The van der Waals surface area contributed by atoms with Gasteiger partial charge in [0.15, 0.2) is 0 Å². The largest absolute Gasteiger partial charge is 0.481 e. The van der Waals surface area contributed by atoms with Crippen LogP contribution in [0.2, 0.25) is 25.2 Å². The molecule has 0 aromatic heterocycles. The quantitative estimate of drug-likeness (QED) is 0.616. The molecule has 0 atom stereocenters. The molecule has 1 rings (SSSR count). The highest BCUT2D eigenvalue weighted by Crippen LogP contribution is 2.32. The molecular weight excluding hydrogens is 156 g/mol. The van der Waals surface area contributed by atoms with Crippen LogP contribution in [0.15, 0.2) is 0 Å². The van der Waals surface area contributed by atoms with Gasteiger partial charge >= 0.3 is 5.97 Å². The average molecular weight is 172 g/mol. The fourth-order valence-corrected chi connectivity index (χ4v) is 4.16. The van der Waals surface area contributed by atoms with Crippen molar-refractivity contribution in [3.05, 3.63) is 0 Å². The molecule has 0 bridgehead atoms. The van der Waals surface area contributed by atoms with Gasteiger partial charge in [0.05, 0.1) is 5.92 Å². The monoisotopic (exact) mass is 172 g/mol. The first-order valence-corrected chi connectivity index (χ1v) is 7.65. The Labute approximate surface area is 68.6 Å². The molecular formula is C8H16O2Si. The van der Waals surface area contributed by atoms with Crippen LogP contribution in [-0.2, 0) is 4.79 Å². The van der Waals surface area contributed by atoms with Crippen LogP contribution in [0.4, 0.5) is 0 Å². The second-order valence-corrected chi connectivity index (χ2v) is 9.61. The lowest BCUT2D eigenvalue weighted by atomic mass is 10.0. The third-order valence-electron chi connectivity index (χ3n) is 2.69. The number of hydrogen-bond acceptors (Lipinski definition) is 1. The molecule has 0 unspecified atom stereocenters. The summed E-state index contributed by atoms with van der Waals surface area (Å²) in [5.74, 6) is -0.620. The Morgan fingerprint density at radius 2 is 1.82 bits per heavy atom. The van der Waals surface area contributed by atoms with Crippen molar-refractivity contribution in [1.82, 2.24) is 0 Å². The fraction of sp³-hybridized carbons (Fsp3) is 0.875. The van der Waals surface area contributed by atoms with Crippen molar-refractivity contribution in [3.8, 4) is 0 Å². The highest BCUT2D eigenvalue weighted by atomic mass is 28.3. The smallest absolute Gasteiger partial charge is 0.306 e. The van der Waals surface area contributed by atoms with E-state index in [0.717, 1.165) is 12.8 Å². The standard InChI is InChI=1S/C8H16O2Si/c1-11(2)5-3-7(4-6-11)8(9)10/h7H,3-6H2,1-2H3,(H,9,10). The molecule has 0 aromatic rings. The Morgan fingerprint density at radius 3 is 2.18 bits per heavy atom. The number of aliphatic carboxylic acids is 1. The van der Waals surface area contributed by atoms with Crippen molar-refractivity contribution in [1.29, 1.82) is 0 Å². The zero-order valence-corrected chi connectivity index (χ0v) is 8.26. The van der Waals surface area contributed by atoms with Gasteiger partial charge in [0.25, 0.3) is 0 Å². The maximum Gasteiger partial charge on any atom is 0.306 e. The first-order chi connectivity index (χ1) is 5.01. The van der Waals surface area contributed by atoms with Crippen molar-refractivity contribution in [2.75, 3.05) is 0 Å². The van der Waals surface area contributed by atoms with Crippen molar-refractivity contribution in [3.63, 3.8) is 0 Å². The third kappa shape index (κ3) is 2.33. The lowest BCUT2D eigenvalue weighted by Crippen LogP contribution is -2.33. The van der Waals surface area contributed by atoms with Crippen molar-refractivity contribution in [2.45, 2.75) is 38.0 Å². The molecule has 1 N–H and O–H groups in total. The summed E-state index contributed by atoms with van der Waals surface area (Å²) in [5, 5.41) is 8.72. The number of rotatable bonds is 1. The summed E-state index contributed by atoms with van der Waals surface area (Å²) < 4.78 is 0. The van der Waals surface area contributed by atoms with Crippen LogP contribution in [0.25, 0.3) is 0 Å². The van der Waals surface area contributed by atoms with Crippen LogP contribution in [0.3, 0.4) is 0 Å². The molecule has 1 aliphatic rings. The number of carbonyl (C=O) groups is 1. The van der Waals surface area contributed by atoms with E-state index in [9.17, 15) is 4.79 Å². The van der Waals surface area contributed by atoms with Gasteiger partial charge in [-0.05, 0) is 12.8 Å². The third-order valence-corrected chi connectivity index (χ3v) is 5.97. The van der Waals surface area contributed by atoms with E-state index < -0.39 is 14.0 Å². The highest BCUT2D eigenvalue weighted by Gasteiger charge is 2.31. The Morgan fingerprint density at radius 1 is 1.36 bits per heavy atom. The second kappa shape index (κ2) is 2.97. The molecule has 1 saturated heterocycles. The van der Waals surface area contributed by atoms with E-state index in [1.54, 1.807) is 0 Å². The molecule has 0 spiro atoms. The molecule has 64 valence electrons. The minimum Gasteiger partial charge on any atom is -0.481 e. The van der Waals surface area contributed by atoms with Crippen LogP contribution in [0.5, 0.6) is 0 Å². The van der Waals surface area contributed by atoms with E-state index in [1.807, 2.05) is 0 Å². The van der Waals surface area contributed by atoms with Crippen LogP contribution in [0.1, 0.15) is 12.8 Å². The lowest BCUT2D eigenvalue weighted by Gasteiger charge is -2.30. The minimum absolute atomic E-state index is 0.0319. The SMILES string of the molecule is C[Si]1(C)CCC(C(=O)O)CC1. The summed E-state index contributed by atoms with van der Waals surface area (Å²) in [7, 11) is -0.941. The van der Waals surface area contributed by atoms with Crippen molar-refractivity contribution >= 4 is 14.0 Å². The molecule has 2 nitrogen and oxygen atoms in total. The van der Waals surface area contributed by atoms with E-state index in [-0.39, 0.29) is 5.92 Å². The fourth-order valence-electron chi connectivity index (χ4n) is 1.65. The zero-order chi connectivity index (χ0) is 8.48. The van der Waals surface area contributed by atoms with Gasteiger partial charge in [0, 0.05) is 8.07 Å². The first kappa shape index (κ1) is 8.78. The molecule has 0 aromatic carbocycles. The first-order valence-electron chi connectivity index (χ1n) is 4.24. The van der Waals surface area contributed by atoms with Crippen molar-refractivity contribution < 1.29 is 9.90 Å². The Balaban J connectivity index is 2.42. The summed E-state index contributed by atoms with van der Waals surface area (Å²) in [6.07, 6.45) is 1.85. The minimum atomic E-state index is -0.941. The van der Waals surface area contributed by atoms with Crippen LogP contribution in [-0.4, -0.2) is 19.1 Å². The molecule has 1 aliphatic heterocycles. The topological polar surface area (TPSA) is 37.3 Å². The van der Waals surface area contributed by atoms with Crippen LogP contribution in [0, 0.1) is 5.92 Å². The molecule has 0 saturated carbocycles. The number of carboxylic acid groups (broad SMARTS) is 1. The van der Waals surface area contributed by atoms with E-state index in [0.29, 0.717) is 0 Å². The highest BCUT2D eigenvalue weighted by molar-refractivity contribution is 6.77. The Hall–Kier alpha value is -0.313. The summed E-state index contributed by atoms with van der Waals surface area (Å²) >= 11 is 0. The summed E-state index contributed by atoms with van der Waals surface area (Å²) in [6, 6.07) is 2.40. The summed E-state index contributed by atoms with van der Waals surface area (Å²) in [4.78, 5) is 10.6. The maximum absolute atomic E-state index is 10.6. The lowest BCUT2D eigenvalue weighted by molar-refractivity contribution is -0.142. The van der Waals surface area contributed by atoms with Gasteiger partial charge < -0.3 is 5.11 Å². The molecule has 0 aliphatic carbocycles. The average Bonchev–Trinajstić information content (AvgIpc) is 1.86.